The Balaban J connectivity index is 1.08. The fraction of sp³-hybridized carbons (Fsp3) is 0.0400. The van der Waals surface area contributed by atoms with Gasteiger partial charge in [0.1, 0.15) is 0 Å². The summed E-state index contributed by atoms with van der Waals surface area (Å²) in [4.78, 5) is 0. The van der Waals surface area contributed by atoms with Crippen LogP contribution in [-0.2, 0) is 0 Å². The number of anilines is 2. The molecule has 1 heteroatoms. The van der Waals surface area contributed by atoms with Crippen molar-refractivity contribution < 1.29 is 0 Å². The Bertz CT molecular complexity index is 2530. The normalized spacial score (nSPS) is 15.7. The zero-order valence-corrected chi connectivity index (χ0v) is 28.3. The van der Waals surface area contributed by atoms with Gasteiger partial charge in [0.15, 0.2) is 0 Å². The molecule has 0 bridgehead atoms. The first-order valence-electron chi connectivity index (χ1n) is 17.8. The fourth-order valence-corrected chi connectivity index (χ4v) is 7.85. The van der Waals surface area contributed by atoms with Gasteiger partial charge in [0.25, 0.3) is 0 Å². The number of nitrogens with one attached hydrogen (secondary N) is 1. The predicted octanol–water partition coefficient (Wildman–Crippen LogP) is 13.5. The van der Waals surface area contributed by atoms with Crippen LogP contribution >= 0.6 is 0 Å². The fourth-order valence-electron chi connectivity index (χ4n) is 7.85. The minimum atomic E-state index is 0.132. The summed E-state index contributed by atoms with van der Waals surface area (Å²) in [6.07, 6.45) is 4.88. The van der Waals surface area contributed by atoms with Crippen molar-refractivity contribution >= 4 is 44.1 Å². The van der Waals surface area contributed by atoms with Crippen molar-refractivity contribution in [2.75, 3.05) is 5.32 Å². The van der Waals surface area contributed by atoms with Crippen molar-refractivity contribution in [2.24, 2.45) is 0 Å². The third kappa shape index (κ3) is 6.05. The first-order chi connectivity index (χ1) is 25.3. The molecule has 0 saturated heterocycles. The average Bonchev–Trinajstić information content (AvgIpc) is 3.21. The topological polar surface area (TPSA) is 12.0 Å². The Hall–Kier alpha value is -6.44. The van der Waals surface area contributed by atoms with E-state index in [1.807, 2.05) is 0 Å². The van der Waals surface area contributed by atoms with Crippen molar-refractivity contribution in [3.8, 4) is 11.1 Å². The second-order valence-electron chi connectivity index (χ2n) is 13.4. The van der Waals surface area contributed by atoms with Gasteiger partial charge in [0, 0.05) is 23.2 Å². The lowest BCUT2D eigenvalue weighted by Gasteiger charge is -2.33. The lowest BCUT2D eigenvalue weighted by molar-refractivity contribution is 0.749. The number of benzene rings is 8. The highest BCUT2D eigenvalue weighted by molar-refractivity contribution is 6.13. The first kappa shape index (κ1) is 30.6. The molecule has 0 heterocycles. The Kier molecular flexibility index (Phi) is 8.08. The predicted molar refractivity (Wildman–Crippen MR) is 217 cm³/mol. The summed E-state index contributed by atoms with van der Waals surface area (Å²) in [7, 11) is 0. The molecule has 0 saturated carbocycles. The number of hydrogen-bond donors (Lipinski definition) is 1. The molecule has 0 aromatic heterocycles. The third-order valence-electron chi connectivity index (χ3n) is 10.3. The van der Waals surface area contributed by atoms with E-state index in [0.717, 1.165) is 11.4 Å². The maximum atomic E-state index is 3.74. The van der Waals surface area contributed by atoms with Crippen molar-refractivity contribution in [1.29, 1.82) is 0 Å². The van der Waals surface area contributed by atoms with Crippen LogP contribution < -0.4 is 5.32 Å². The number of fused-ring (bicyclic) bond motifs is 3. The van der Waals surface area contributed by atoms with E-state index in [1.54, 1.807) is 0 Å². The Morgan fingerprint density at radius 2 is 1.00 bits per heavy atom. The van der Waals surface area contributed by atoms with E-state index in [-0.39, 0.29) is 11.8 Å². The Morgan fingerprint density at radius 1 is 0.392 bits per heavy atom. The molecule has 0 spiro atoms. The van der Waals surface area contributed by atoms with E-state index in [1.165, 1.54) is 66.1 Å². The van der Waals surface area contributed by atoms with Gasteiger partial charge >= 0.3 is 0 Å². The summed E-state index contributed by atoms with van der Waals surface area (Å²) >= 11 is 0. The molecule has 242 valence electrons. The van der Waals surface area contributed by atoms with E-state index in [9.17, 15) is 0 Å². The highest BCUT2D eigenvalue weighted by Crippen LogP contribution is 2.49. The summed E-state index contributed by atoms with van der Waals surface area (Å²) in [6, 6.07) is 70.2. The first-order valence-corrected chi connectivity index (χ1v) is 17.8. The van der Waals surface area contributed by atoms with E-state index in [0.29, 0.717) is 0 Å². The molecule has 9 rings (SSSR count). The van der Waals surface area contributed by atoms with E-state index in [4.69, 9.17) is 0 Å². The van der Waals surface area contributed by atoms with Crippen LogP contribution in [-0.4, -0.2) is 0 Å². The zero-order chi connectivity index (χ0) is 34.0. The van der Waals surface area contributed by atoms with Crippen LogP contribution in [0.25, 0.3) is 43.8 Å². The molecule has 0 fully saturated rings. The van der Waals surface area contributed by atoms with Gasteiger partial charge in [-0.2, -0.15) is 0 Å². The maximum absolute atomic E-state index is 3.74. The molecule has 0 amide bonds. The second-order valence-corrected chi connectivity index (χ2v) is 13.4. The van der Waals surface area contributed by atoms with Crippen molar-refractivity contribution in [2.45, 2.75) is 11.8 Å². The molecule has 0 aliphatic heterocycles. The monoisotopic (exact) mass is 651 g/mol. The van der Waals surface area contributed by atoms with Crippen LogP contribution in [0, 0.1) is 0 Å². The molecule has 1 aliphatic rings. The molecule has 8 aromatic carbocycles. The van der Waals surface area contributed by atoms with Gasteiger partial charge in [-0.15, -0.1) is 0 Å². The lowest BCUT2D eigenvalue weighted by Crippen LogP contribution is -2.16. The second kappa shape index (κ2) is 13.5. The molecule has 1 N–H and O–H groups in total. The van der Waals surface area contributed by atoms with Crippen LogP contribution in [0.15, 0.2) is 206 Å². The van der Waals surface area contributed by atoms with Crippen molar-refractivity contribution in [1.82, 2.24) is 0 Å². The van der Waals surface area contributed by atoms with Crippen molar-refractivity contribution in [3.63, 3.8) is 0 Å². The number of rotatable bonds is 7. The molecule has 1 aliphatic carbocycles. The van der Waals surface area contributed by atoms with Crippen LogP contribution in [0.2, 0.25) is 0 Å². The Labute approximate surface area is 299 Å². The average molecular weight is 652 g/mol. The quantitative estimate of drug-likeness (QED) is 0.169. The third-order valence-corrected chi connectivity index (χ3v) is 10.3. The van der Waals surface area contributed by atoms with Crippen LogP contribution in [0.5, 0.6) is 0 Å². The smallest absolute Gasteiger partial charge is 0.0387 e. The molecule has 51 heavy (non-hydrogen) atoms. The zero-order valence-electron chi connectivity index (χ0n) is 28.3. The minimum Gasteiger partial charge on any atom is -0.356 e. The molecule has 0 radical (unpaired) electrons. The number of allylic oxidation sites excluding steroid dienone is 4. The molecular weight excluding hydrogens is 615 g/mol. The summed E-state index contributed by atoms with van der Waals surface area (Å²) in [5.74, 6) is 0.292. The van der Waals surface area contributed by atoms with Gasteiger partial charge in [0.05, 0.1) is 0 Å². The van der Waals surface area contributed by atoms with Gasteiger partial charge in [0.2, 0.25) is 0 Å². The molecule has 1 nitrogen and oxygen atoms in total. The van der Waals surface area contributed by atoms with Gasteiger partial charge in [-0.3, -0.25) is 0 Å². The maximum Gasteiger partial charge on any atom is 0.0387 e. The van der Waals surface area contributed by atoms with Crippen LogP contribution in [0.1, 0.15) is 34.1 Å². The summed E-state index contributed by atoms with van der Waals surface area (Å²) in [5.41, 5.74) is 12.3. The standard InChI is InChI=1S/C50H37N/c1-4-15-35(16-5-1)41-33-48(36-17-6-2-7-18-36)50(49(34-41)37-19-8-3-9-20-37)40-22-14-23-43(31-40)51-42-29-27-38(28-30-42)47-32-39-21-10-11-24-44(39)45-25-12-13-26-46(45)47/h1-34,48,50-51H. The van der Waals surface area contributed by atoms with Crippen molar-refractivity contribution in [3.05, 3.63) is 229 Å². The molecular formula is C50H37N. The van der Waals surface area contributed by atoms with Gasteiger partial charge < -0.3 is 5.32 Å². The SMILES string of the molecule is C1=C(c2ccccc2)C=C(c2ccccc2)C(c2cccc(Nc3ccc(-c4cc5ccccc5c5ccccc45)cc3)c2)C1c1ccccc1. The van der Waals surface area contributed by atoms with Gasteiger partial charge in [-0.25, -0.2) is 0 Å². The van der Waals surface area contributed by atoms with Gasteiger partial charge in [-0.05, 0) is 96.4 Å². The summed E-state index contributed by atoms with van der Waals surface area (Å²) in [6.45, 7) is 0. The van der Waals surface area contributed by atoms with Gasteiger partial charge in [-0.1, -0.05) is 176 Å². The molecule has 2 unspecified atom stereocenters. The number of hydrogen-bond acceptors (Lipinski definition) is 1. The lowest BCUT2D eigenvalue weighted by atomic mass is 9.70. The van der Waals surface area contributed by atoms with Crippen LogP contribution in [0.4, 0.5) is 11.4 Å². The largest absolute Gasteiger partial charge is 0.356 e. The highest BCUT2D eigenvalue weighted by atomic mass is 14.9. The minimum absolute atomic E-state index is 0.132. The molecule has 2 atom stereocenters. The van der Waals surface area contributed by atoms with Crippen LogP contribution in [0.3, 0.4) is 0 Å². The highest BCUT2D eigenvalue weighted by Gasteiger charge is 2.31. The van der Waals surface area contributed by atoms with E-state index in [2.05, 4.69) is 212 Å². The van der Waals surface area contributed by atoms with E-state index >= 15 is 0 Å². The molecule has 8 aromatic rings. The summed E-state index contributed by atoms with van der Waals surface area (Å²) < 4.78 is 0. The van der Waals surface area contributed by atoms with E-state index < -0.39 is 0 Å². The summed E-state index contributed by atoms with van der Waals surface area (Å²) in [5, 5.41) is 8.85. The Morgan fingerprint density at radius 3 is 1.75 bits per heavy atom.